The third kappa shape index (κ3) is 2.92. The molecule has 0 saturated heterocycles. The van der Waals surface area contributed by atoms with Crippen molar-refractivity contribution in [3.8, 4) is 12.0 Å². The maximum atomic E-state index is 12.5. The lowest BCUT2D eigenvalue weighted by Gasteiger charge is -2.04. The van der Waals surface area contributed by atoms with Crippen molar-refractivity contribution in [2.24, 2.45) is 0 Å². The molecule has 27 heavy (non-hydrogen) atoms. The number of nitrogens with zero attached hydrogens (tertiary/aromatic N) is 4. The van der Waals surface area contributed by atoms with E-state index in [1.807, 2.05) is 6.07 Å². The Kier molecular flexibility index (Phi) is 4.10. The first-order valence-electron chi connectivity index (χ1n) is 7.88. The number of thiazole rings is 1. The Morgan fingerprint density at radius 2 is 2.15 bits per heavy atom. The Balaban J connectivity index is 1.61. The van der Waals surface area contributed by atoms with Crippen LogP contribution < -0.4 is 5.56 Å². The summed E-state index contributed by atoms with van der Waals surface area (Å²) in [5.74, 6) is -0.176. The molecule has 0 atom stereocenters. The lowest BCUT2D eigenvalue weighted by molar-refractivity contribution is 0.0465. The smallest absolute Gasteiger partial charge is 0.343 e. The zero-order valence-corrected chi connectivity index (χ0v) is 14.9. The van der Waals surface area contributed by atoms with Crippen LogP contribution in [0.15, 0.2) is 51.4 Å². The summed E-state index contributed by atoms with van der Waals surface area (Å²) < 4.78 is 13.9. The van der Waals surface area contributed by atoms with E-state index in [1.165, 1.54) is 21.8 Å². The molecule has 8 nitrogen and oxygen atoms in total. The predicted octanol–water partition coefficient (Wildman–Crippen LogP) is 2.68. The summed E-state index contributed by atoms with van der Waals surface area (Å²) >= 11 is 1.31. The van der Waals surface area contributed by atoms with Gasteiger partial charge in [0.2, 0.25) is 5.88 Å². The maximum absolute atomic E-state index is 12.5. The molecule has 0 aliphatic heterocycles. The highest BCUT2D eigenvalue weighted by molar-refractivity contribution is 7.15. The van der Waals surface area contributed by atoms with Crippen LogP contribution >= 0.6 is 11.3 Å². The molecule has 0 N–H and O–H groups in total. The molecular formula is C18H12N4O4S. The van der Waals surface area contributed by atoms with Crippen LogP contribution in [0.4, 0.5) is 0 Å². The van der Waals surface area contributed by atoms with Crippen LogP contribution in [-0.4, -0.2) is 19.9 Å². The molecule has 0 fully saturated rings. The molecule has 0 radical (unpaired) electrons. The van der Waals surface area contributed by atoms with Crippen molar-refractivity contribution in [1.82, 2.24) is 14.0 Å². The van der Waals surface area contributed by atoms with Crippen molar-refractivity contribution in [3.63, 3.8) is 0 Å². The average molecular weight is 380 g/mol. The molecule has 0 unspecified atom stereocenters. The molecule has 4 aromatic rings. The Hall–Kier alpha value is -3.64. The monoisotopic (exact) mass is 380 g/mol. The third-order valence-electron chi connectivity index (χ3n) is 3.93. The number of hydrogen-bond acceptors (Lipinski definition) is 7. The Labute approximate surface area is 156 Å². The highest BCUT2D eigenvalue weighted by Gasteiger charge is 2.25. The first kappa shape index (κ1) is 16.8. The SMILES string of the molecule is Cc1oc(-n2cccc2)c(C#N)c1C(=O)OCc1cc(=O)n2ccsc2n1. The van der Waals surface area contributed by atoms with Crippen LogP contribution in [0.3, 0.4) is 0 Å². The standard InChI is InChI=1S/C18H12N4O4S/c1-11-15(13(9-19)16(26-11)21-4-2-3-5-21)17(24)25-10-12-8-14(23)22-6-7-27-18(22)20-12/h2-8H,10H2,1H3. The number of rotatable bonds is 4. The third-order valence-corrected chi connectivity index (χ3v) is 4.68. The molecule has 134 valence electrons. The summed E-state index contributed by atoms with van der Waals surface area (Å²) in [7, 11) is 0. The summed E-state index contributed by atoms with van der Waals surface area (Å²) in [5, 5.41) is 11.2. The van der Waals surface area contributed by atoms with Crippen molar-refractivity contribution in [2.45, 2.75) is 13.5 Å². The van der Waals surface area contributed by atoms with E-state index in [-0.39, 0.29) is 34.9 Å². The normalized spacial score (nSPS) is 10.8. The number of carbonyl (C=O) groups is 1. The summed E-state index contributed by atoms with van der Waals surface area (Å²) in [5.41, 5.74) is 0.242. The number of carbonyl (C=O) groups excluding carboxylic acids is 1. The fourth-order valence-corrected chi connectivity index (χ4v) is 3.44. The van der Waals surface area contributed by atoms with Gasteiger partial charge in [-0.15, -0.1) is 11.3 Å². The minimum atomic E-state index is -0.709. The molecular weight excluding hydrogens is 368 g/mol. The van der Waals surface area contributed by atoms with E-state index in [0.717, 1.165) is 0 Å². The fourth-order valence-electron chi connectivity index (χ4n) is 2.70. The van der Waals surface area contributed by atoms with Crippen molar-refractivity contribution in [3.05, 3.63) is 75.1 Å². The molecule has 0 aliphatic carbocycles. The summed E-state index contributed by atoms with van der Waals surface area (Å²) in [4.78, 5) is 29.3. The van der Waals surface area contributed by atoms with Crippen LogP contribution in [-0.2, 0) is 11.3 Å². The number of ether oxygens (including phenoxy) is 1. The molecule has 0 aliphatic rings. The van der Waals surface area contributed by atoms with Gasteiger partial charge in [-0.1, -0.05) is 0 Å². The fraction of sp³-hybridized carbons (Fsp3) is 0.111. The van der Waals surface area contributed by atoms with Gasteiger partial charge in [0.25, 0.3) is 5.56 Å². The first-order chi connectivity index (χ1) is 13.1. The lowest BCUT2D eigenvalue weighted by Crippen LogP contribution is -2.15. The van der Waals surface area contributed by atoms with Gasteiger partial charge in [0.05, 0.1) is 5.69 Å². The maximum Gasteiger partial charge on any atom is 0.343 e. The number of aromatic nitrogens is 3. The molecule has 0 saturated carbocycles. The van der Waals surface area contributed by atoms with Gasteiger partial charge in [0, 0.05) is 30.0 Å². The summed E-state index contributed by atoms with van der Waals surface area (Å²) in [6.45, 7) is 1.41. The molecule has 0 aromatic carbocycles. The second-order valence-electron chi connectivity index (χ2n) is 5.63. The van der Waals surface area contributed by atoms with Gasteiger partial charge in [-0.3, -0.25) is 13.8 Å². The second kappa shape index (κ2) is 6.59. The predicted molar refractivity (Wildman–Crippen MR) is 95.9 cm³/mol. The summed E-state index contributed by atoms with van der Waals surface area (Å²) in [6, 6.07) is 6.87. The van der Waals surface area contributed by atoms with Crippen molar-refractivity contribution >= 4 is 22.3 Å². The van der Waals surface area contributed by atoms with Gasteiger partial charge in [-0.05, 0) is 19.1 Å². The number of nitriles is 1. The molecule has 0 bridgehead atoms. The minimum absolute atomic E-state index is 0.0649. The molecule has 4 aromatic heterocycles. The van der Waals surface area contributed by atoms with E-state index < -0.39 is 5.97 Å². The van der Waals surface area contributed by atoms with Crippen LogP contribution in [0, 0.1) is 18.3 Å². The lowest BCUT2D eigenvalue weighted by atomic mass is 10.1. The number of hydrogen-bond donors (Lipinski definition) is 0. The van der Waals surface area contributed by atoms with E-state index in [0.29, 0.717) is 10.7 Å². The van der Waals surface area contributed by atoms with E-state index >= 15 is 0 Å². The van der Waals surface area contributed by atoms with Crippen LogP contribution in [0.5, 0.6) is 0 Å². The molecule has 9 heteroatoms. The highest BCUT2D eigenvalue weighted by Crippen LogP contribution is 2.26. The second-order valence-corrected chi connectivity index (χ2v) is 6.51. The average Bonchev–Trinajstić information content (AvgIpc) is 3.38. The van der Waals surface area contributed by atoms with E-state index in [1.54, 1.807) is 47.6 Å². The van der Waals surface area contributed by atoms with Crippen molar-refractivity contribution in [1.29, 1.82) is 5.26 Å². The highest BCUT2D eigenvalue weighted by atomic mass is 32.1. The number of aryl methyl sites for hydroxylation is 1. The molecule has 0 spiro atoms. The molecule has 4 heterocycles. The Morgan fingerprint density at radius 1 is 1.37 bits per heavy atom. The van der Waals surface area contributed by atoms with E-state index in [2.05, 4.69) is 4.98 Å². The van der Waals surface area contributed by atoms with Crippen LogP contribution in [0.1, 0.15) is 27.4 Å². The zero-order valence-electron chi connectivity index (χ0n) is 14.1. The van der Waals surface area contributed by atoms with Crippen molar-refractivity contribution in [2.75, 3.05) is 0 Å². The summed E-state index contributed by atoms with van der Waals surface area (Å²) in [6.07, 6.45) is 5.05. The zero-order chi connectivity index (χ0) is 19.0. The number of furan rings is 1. The van der Waals surface area contributed by atoms with Gasteiger partial charge in [0.1, 0.15) is 29.6 Å². The van der Waals surface area contributed by atoms with Crippen molar-refractivity contribution < 1.29 is 13.9 Å². The van der Waals surface area contributed by atoms with E-state index in [9.17, 15) is 14.9 Å². The Morgan fingerprint density at radius 3 is 2.89 bits per heavy atom. The minimum Gasteiger partial charge on any atom is -0.455 e. The first-order valence-corrected chi connectivity index (χ1v) is 8.76. The van der Waals surface area contributed by atoms with E-state index in [4.69, 9.17) is 9.15 Å². The van der Waals surface area contributed by atoms with Gasteiger partial charge in [-0.25, -0.2) is 9.78 Å². The van der Waals surface area contributed by atoms with Gasteiger partial charge in [0.15, 0.2) is 4.96 Å². The van der Waals surface area contributed by atoms with Crippen LogP contribution in [0.25, 0.3) is 10.8 Å². The Bertz CT molecular complexity index is 1240. The van der Waals surface area contributed by atoms with Crippen LogP contribution in [0.2, 0.25) is 0 Å². The number of fused-ring (bicyclic) bond motifs is 1. The topological polar surface area (TPSA) is 103 Å². The molecule has 0 amide bonds. The van der Waals surface area contributed by atoms with Gasteiger partial charge < -0.3 is 9.15 Å². The van der Waals surface area contributed by atoms with Gasteiger partial charge >= 0.3 is 5.97 Å². The quantitative estimate of drug-likeness (QED) is 0.504. The van der Waals surface area contributed by atoms with Gasteiger partial charge in [-0.2, -0.15) is 5.26 Å². The largest absolute Gasteiger partial charge is 0.455 e. The number of esters is 1. The molecule has 4 rings (SSSR count).